The molecule has 8 heteroatoms. The predicted molar refractivity (Wildman–Crippen MR) is 59.4 cm³/mol. The summed E-state index contributed by atoms with van der Waals surface area (Å²) >= 11 is 0. The van der Waals surface area contributed by atoms with Gasteiger partial charge in [-0.2, -0.15) is 0 Å². The Morgan fingerprint density at radius 2 is 1.75 bits per heavy atom. The number of likely N-dealkylation sites (tertiary alicyclic amines) is 1. The zero-order valence-corrected chi connectivity index (χ0v) is 10.0. The summed E-state index contributed by atoms with van der Waals surface area (Å²) in [6.45, 7) is -0.267. The van der Waals surface area contributed by atoms with Crippen LogP contribution in [0.5, 0.6) is 0 Å². The van der Waals surface area contributed by atoms with Gasteiger partial charge in [-0.15, -0.1) is 0 Å². The number of carbonyl (C=O) groups excluding carboxylic acids is 1. The van der Waals surface area contributed by atoms with E-state index in [4.69, 9.17) is 5.11 Å². The second-order valence-electron chi connectivity index (χ2n) is 4.45. The Labute approximate surface area is 111 Å². The van der Waals surface area contributed by atoms with Gasteiger partial charge in [-0.1, -0.05) is 0 Å². The number of aliphatic hydroxyl groups is 1. The van der Waals surface area contributed by atoms with Gasteiger partial charge in [-0.25, -0.2) is 18.0 Å². The molecule has 0 unspecified atom stereocenters. The number of carboxylic acid groups (broad SMARTS) is 1. The molecule has 0 aromatic heterocycles. The van der Waals surface area contributed by atoms with Crippen molar-refractivity contribution in [2.75, 3.05) is 6.54 Å². The van der Waals surface area contributed by atoms with Crippen LogP contribution >= 0.6 is 0 Å². The van der Waals surface area contributed by atoms with Crippen LogP contribution in [-0.2, 0) is 4.79 Å². The molecular formula is C12H10F3NO4. The Morgan fingerprint density at radius 1 is 1.20 bits per heavy atom. The molecular weight excluding hydrogens is 279 g/mol. The molecule has 20 heavy (non-hydrogen) atoms. The molecule has 108 valence electrons. The molecule has 1 aromatic rings. The standard InChI is InChI=1S/C12H10F3NO4/c13-7-1-5(2-8(14)10(7)15)11(18)16-4-6(17)3-9(16)12(19)20/h1-2,6,9,17H,3-4H2,(H,19,20)/t6-,9+/m1/s1. The fourth-order valence-electron chi connectivity index (χ4n) is 2.12. The molecule has 0 radical (unpaired) electrons. The van der Waals surface area contributed by atoms with Gasteiger partial charge < -0.3 is 15.1 Å². The van der Waals surface area contributed by atoms with Gasteiger partial charge in [0.1, 0.15) is 6.04 Å². The lowest BCUT2D eigenvalue weighted by Gasteiger charge is -2.21. The Hall–Kier alpha value is -2.09. The van der Waals surface area contributed by atoms with E-state index >= 15 is 0 Å². The first-order valence-electron chi connectivity index (χ1n) is 5.67. The second-order valence-corrected chi connectivity index (χ2v) is 4.45. The number of aliphatic hydroxyl groups excluding tert-OH is 1. The average Bonchev–Trinajstić information content (AvgIpc) is 2.76. The van der Waals surface area contributed by atoms with E-state index in [1.54, 1.807) is 0 Å². The summed E-state index contributed by atoms with van der Waals surface area (Å²) in [6.07, 6.45) is -1.21. The lowest BCUT2D eigenvalue weighted by atomic mass is 10.1. The number of amides is 1. The van der Waals surface area contributed by atoms with Gasteiger partial charge in [0.25, 0.3) is 5.91 Å². The molecule has 1 aromatic carbocycles. The molecule has 1 aliphatic rings. The first kappa shape index (κ1) is 14.3. The number of β-amino-alcohol motifs (C(OH)–C–C–N with tert-alkyl or cyclic N) is 1. The highest BCUT2D eigenvalue weighted by Crippen LogP contribution is 2.22. The third-order valence-corrected chi connectivity index (χ3v) is 3.06. The predicted octanol–water partition coefficient (Wildman–Crippen LogP) is 0.764. The average molecular weight is 289 g/mol. The van der Waals surface area contributed by atoms with Crippen LogP contribution in [0.4, 0.5) is 13.2 Å². The first-order valence-corrected chi connectivity index (χ1v) is 5.67. The van der Waals surface area contributed by atoms with Crippen molar-refractivity contribution in [1.29, 1.82) is 0 Å². The van der Waals surface area contributed by atoms with E-state index < -0.39 is 47.0 Å². The maximum Gasteiger partial charge on any atom is 0.326 e. The molecule has 0 bridgehead atoms. The highest BCUT2D eigenvalue weighted by atomic mass is 19.2. The van der Waals surface area contributed by atoms with Crippen LogP contribution in [0, 0.1) is 17.5 Å². The number of rotatable bonds is 2. The number of benzene rings is 1. The van der Waals surface area contributed by atoms with E-state index in [0.29, 0.717) is 12.1 Å². The van der Waals surface area contributed by atoms with E-state index in [1.165, 1.54) is 0 Å². The maximum absolute atomic E-state index is 13.1. The Kier molecular flexibility index (Phi) is 3.67. The second kappa shape index (κ2) is 5.12. The minimum Gasteiger partial charge on any atom is -0.480 e. The summed E-state index contributed by atoms with van der Waals surface area (Å²) in [5.41, 5.74) is -0.512. The van der Waals surface area contributed by atoms with Crippen LogP contribution in [-0.4, -0.2) is 45.7 Å². The third kappa shape index (κ3) is 2.46. The van der Waals surface area contributed by atoms with Gasteiger partial charge >= 0.3 is 5.97 Å². The summed E-state index contributed by atoms with van der Waals surface area (Å²) < 4.78 is 38.9. The third-order valence-electron chi connectivity index (χ3n) is 3.06. The molecule has 1 heterocycles. The lowest BCUT2D eigenvalue weighted by molar-refractivity contribution is -0.141. The quantitative estimate of drug-likeness (QED) is 0.788. The van der Waals surface area contributed by atoms with Crippen molar-refractivity contribution in [2.45, 2.75) is 18.6 Å². The van der Waals surface area contributed by atoms with Crippen LogP contribution in [0.2, 0.25) is 0 Å². The monoisotopic (exact) mass is 289 g/mol. The molecule has 2 N–H and O–H groups in total. The number of aliphatic carboxylic acids is 1. The molecule has 0 spiro atoms. The van der Waals surface area contributed by atoms with E-state index in [2.05, 4.69) is 0 Å². The van der Waals surface area contributed by atoms with Crippen molar-refractivity contribution >= 4 is 11.9 Å². The number of hydrogen-bond acceptors (Lipinski definition) is 3. The van der Waals surface area contributed by atoms with Crippen LogP contribution in [0.15, 0.2) is 12.1 Å². The number of carbonyl (C=O) groups is 2. The fourth-order valence-corrected chi connectivity index (χ4v) is 2.12. The highest BCUT2D eigenvalue weighted by Gasteiger charge is 2.39. The molecule has 0 aliphatic carbocycles. The number of carboxylic acids is 1. The zero-order valence-electron chi connectivity index (χ0n) is 10.0. The van der Waals surface area contributed by atoms with Crippen LogP contribution in [0.3, 0.4) is 0 Å². The van der Waals surface area contributed by atoms with E-state index in [-0.39, 0.29) is 13.0 Å². The Morgan fingerprint density at radius 3 is 2.25 bits per heavy atom. The van der Waals surface area contributed by atoms with Gasteiger partial charge in [0.2, 0.25) is 0 Å². The fraction of sp³-hybridized carbons (Fsp3) is 0.333. The van der Waals surface area contributed by atoms with Gasteiger partial charge in [0.05, 0.1) is 6.10 Å². The van der Waals surface area contributed by atoms with Gasteiger partial charge in [0, 0.05) is 18.5 Å². The first-order chi connectivity index (χ1) is 9.31. The summed E-state index contributed by atoms with van der Waals surface area (Å²) in [4.78, 5) is 23.8. The number of nitrogens with zero attached hydrogens (tertiary/aromatic N) is 1. The normalized spacial score (nSPS) is 22.1. The molecule has 2 atom stereocenters. The largest absolute Gasteiger partial charge is 0.480 e. The summed E-state index contributed by atoms with van der Waals surface area (Å²) in [7, 11) is 0. The minimum atomic E-state index is -1.71. The molecule has 5 nitrogen and oxygen atoms in total. The van der Waals surface area contributed by atoms with Crippen molar-refractivity contribution in [3.05, 3.63) is 35.1 Å². The molecule has 2 rings (SSSR count). The Balaban J connectivity index is 2.33. The summed E-state index contributed by atoms with van der Waals surface area (Å²) in [5.74, 6) is -7.11. The molecule has 1 amide bonds. The van der Waals surface area contributed by atoms with Gasteiger partial charge in [0.15, 0.2) is 17.5 Å². The molecule has 1 saturated heterocycles. The number of halogens is 3. The molecule has 1 aliphatic heterocycles. The van der Waals surface area contributed by atoms with Crippen molar-refractivity contribution in [1.82, 2.24) is 4.90 Å². The SMILES string of the molecule is O=C(O)[C@@H]1C[C@@H](O)CN1C(=O)c1cc(F)c(F)c(F)c1. The van der Waals surface area contributed by atoms with E-state index in [1.807, 2.05) is 0 Å². The smallest absolute Gasteiger partial charge is 0.326 e. The van der Waals surface area contributed by atoms with E-state index in [0.717, 1.165) is 4.90 Å². The van der Waals surface area contributed by atoms with Crippen molar-refractivity contribution < 1.29 is 33.0 Å². The lowest BCUT2D eigenvalue weighted by Crippen LogP contribution is -2.40. The van der Waals surface area contributed by atoms with E-state index in [9.17, 15) is 27.9 Å². The van der Waals surface area contributed by atoms with Crippen molar-refractivity contribution in [3.63, 3.8) is 0 Å². The van der Waals surface area contributed by atoms with Crippen molar-refractivity contribution in [2.24, 2.45) is 0 Å². The van der Waals surface area contributed by atoms with Crippen LogP contribution in [0.25, 0.3) is 0 Å². The summed E-state index contributed by atoms with van der Waals surface area (Å²) in [6, 6.07) is -0.303. The maximum atomic E-state index is 13.1. The molecule has 0 saturated carbocycles. The van der Waals surface area contributed by atoms with Crippen molar-refractivity contribution in [3.8, 4) is 0 Å². The van der Waals surface area contributed by atoms with Crippen LogP contribution in [0.1, 0.15) is 16.8 Å². The topological polar surface area (TPSA) is 77.8 Å². The molecule has 1 fully saturated rings. The zero-order chi connectivity index (χ0) is 15.0. The Bertz CT molecular complexity index is 555. The highest BCUT2D eigenvalue weighted by molar-refractivity contribution is 5.97. The van der Waals surface area contributed by atoms with Gasteiger partial charge in [-0.3, -0.25) is 4.79 Å². The summed E-state index contributed by atoms with van der Waals surface area (Å²) in [5, 5.41) is 18.3. The van der Waals surface area contributed by atoms with Gasteiger partial charge in [-0.05, 0) is 12.1 Å². The number of hydrogen-bond donors (Lipinski definition) is 2. The minimum absolute atomic E-state index is 0.173. The van der Waals surface area contributed by atoms with Crippen LogP contribution < -0.4 is 0 Å².